The van der Waals surface area contributed by atoms with Crippen molar-refractivity contribution in [3.8, 4) is 0 Å². The van der Waals surface area contributed by atoms with E-state index < -0.39 is 4.92 Å². The highest BCUT2D eigenvalue weighted by Gasteiger charge is 2.25. The zero-order valence-electron chi connectivity index (χ0n) is 8.52. The summed E-state index contributed by atoms with van der Waals surface area (Å²) in [4.78, 5) is 10.2. The molecule has 0 aliphatic heterocycles. The molecule has 1 aromatic rings. The Morgan fingerprint density at radius 2 is 2.19 bits per heavy atom. The fraction of sp³-hybridized carbons (Fsp3) is 0.400. The normalized spacial score (nSPS) is 23.6. The molecule has 6 heteroatoms. The lowest BCUT2D eigenvalue weighted by Crippen LogP contribution is -2.44. The maximum atomic E-state index is 10.6. The van der Waals surface area contributed by atoms with Gasteiger partial charge in [-0.2, -0.15) is 0 Å². The number of nitrogens with two attached hydrogens (primary N) is 1. The quantitative estimate of drug-likeness (QED) is 0.659. The molecule has 3 N–H and O–H groups in total. The van der Waals surface area contributed by atoms with Crippen molar-refractivity contribution in [2.24, 2.45) is 5.73 Å². The van der Waals surface area contributed by atoms with Gasteiger partial charge in [0.25, 0.3) is 5.69 Å². The van der Waals surface area contributed by atoms with Crippen LogP contribution in [0, 0.1) is 10.1 Å². The fourth-order valence-corrected chi connectivity index (χ4v) is 2.28. The molecule has 16 heavy (non-hydrogen) atoms. The third-order valence-electron chi connectivity index (χ3n) is 2.69. The van der Waals surface area contributed by atoms with Crippen LogP contribution in [0.5, 0.6) is 0 Å². The first-order chi connectivity index (χ1) is 7.56. The van der Waals surface area contributed by atoms with Gasteiger partial charge in [0.05, 0.1) is 9.40 Å². The summed E-state index contributed by atoms with van der Waals surface area (Å²) in [6.45, 7) is 0. The molecule has 0 atom stereocenters. The summed E-state index contributed by atoms with van der Waals surface area (Å²) in [7, 11) is 0. The van der Waals surface area contributed by atoms with Gasteiger partial charge in [-0.1, -0.05) is 0 Å². The van der Waals surface area contributed by atoms with Crippen molar-refractivity contribution in [3.05, 3.63) is 32.8 Å². The standard InChI is InChI=1S/C10H12BrN3O2/c11-9-5-7(1-2-10(9)14(15)16)13-8-3-6(12)4-8/h1-2,5-6,8,13H,3-4,12H2. The summed E-state index contributed by atoms with van der Waals surface area (Å²) in [5.74, 6) is 0. The Balaban J connectivity index is 2.06. The third kappa shape index (κ3) is 2.33. The third-order valence-corrected chi connectivity index (χ3v) is 3.32. The van der Waals surface area contributed by atoms with Gasteiger partial charge in [-0.3, -0.25) is 10.1 Å². The Labute approximate surface area is 101 Å². The molecule has 1 aliphatic carbocycles. The number of nitrogens with one attached hydrogen (secondary N) is 1. The van der Waals surface area contributed by atoms with Gasteiger partial charge < -0.3 is 11.1 Å². The van der Waals surface area contributed by atoms with E-state index in [-0.39, 0.29) is 5.69 Å². The number of nitro benzene ring substituents is 1. The van der Waals surface area contributed by atoms with Crippen LogP contribution in [0.25, 0.3) is 0 Å². The van der Waals surface area contributed by atoms with E-state index in [0.717, 1.165) is 18.5 Å². The number of benzene rings is 1. The van der Waals surface area contributed by atoms with Crippen molar-refractivity contribution in [1.82, 2.24) is 0 Å². The summed E-state index contributed by atoms with van der Waals surface area (Å²) < 4.78 is 0.492. The molecule has 0 unspecified atom stereocenters. The molecule has 0 aromatic heterocycles. The summed E-state index contributed by atoms with van der Waals surface area (Å²) in [6.07, 6.45) is 1.91. The smallest absolute Gasteiger partial charge is 0.283 e. The van der Waals surface area contributed by atoms with Crippen molar-refractivity contribution >= 4 is 27.3 Å². The first-order valence-corrected chi connectivity index (χ1v) is 5.81. The minimum Gasteiger partial charge on any atom is -0.382 e. The van der Waals surface area contributed by atoms with Crippen molar-refractivity contribution in [1.29, 1.82) is 0 Å². The molecule has 0 heterocycles. The van der Waals surface area contributed by atoms with Crippen LogP contribution in [0.4, 0.5) is 11.4 Å². The highest BCUT2D eigenvalue weighted by Crippen LogP contribution is 2.29. The Kier molecular flexibility index (Phi) is 3.11. The van der Waals surface area contributed by atoms with Gasteiger partial charge in [-0.15, -0.1) is 0 Å². The monoisotopic (exact) mass is 285 g/mol. The second-order valence-corrected chi connectivity index (χ2v) is 4.85. The minimum atomic E-state index is -0.410. The van der Waals surface area contributed by atoms with E-state index in [1.54, 1.807) is 12.1 Å². The summed E-state index contributed by atoms with van der Waals surface area (Å²) in [5.41, 5.74) is 6.64. The Morgan fingerprint density at radius 1 is 1.50 bits per heavy atom. The molecule has 0 amide bonds. The number of halogens is 1. The molecule has 1 saturated carbocycles. The number of nitrogens with zero attached hydrogens (tertiary/aromatic N) is 1. The lowest BCUT2D eigenvalue weighted by atomic mass is 9.87. The van der Waals surface area contributed by atoms with Crippen LogP contribution in [0.15, 0.2) is 22.7 Å². The predicted molar refractivity (Wildman–Crippen MR) is 65.4 cm³/mol. The van der Waals surface area contributed by atoms with E-state index in [0.29, 0.717) is 16.6 Å². The van der Waals surface area contributed by atoms with Crippen molar-refractivity contribution in [2.75, 3.05) is 5.32 Å². The molecule has 1 aromatic carbocycles. The van der Waals surface area contributed by atoms with Gasteiger partial charge in [-0.05, 0) is 40.9 Å². The van der Waals surface area contributed by atoms with Gasteiger partial charge in [0, 0.05) is 23.8 Å². The van der Waals surface area contributed by atoms with E-state index in [2.05, 4.69) is 21.2 Å². The maximum absolute atomic E-state index is 10.6. The molecule has 0 radical (unpaired) electrons. The topological polar surface area (TPSA) is 81.2 Å². The molecular formula is C10H12BrN3O2. The van der Waals surface area contributed by atoms with E-state index in [1.165, 1.54) is 6.07 Å². The Bertz CT molecular complexity index is 419. The Hall–Kier alpha value is -1.14. The average molecular weight is 286 g/mol. The number of hydrogen-bond donors (Lipinski definition) is 2. The second-order valence-electron chi connectivity index (χ2n) is 4.00. The molecule has 0 saturated heterocycles. The van der Waals surface area contributed by atoms with Crippen LogP contribution in [0.3, 0.4) is 0 Å². The van der Waals surface area contributed by atoms with Crippen LogP contribution >= 0.6 is 15.9 Å². The lowest BCUT2D eigenvalue weighted by molar-refractivity contribution is -0.385. The van der Waals surface area contributed by atoms with Crippen molar-refractivity contribution in [3.63, 3.8) is 0 Å². The number of nitro groups is 1. The van der Waals surface area contributed by atoms with E-state index >= 15 is 0 Å². The molecule has 0 spiro atoms. The highest BCUT2D eigenvalue weighted by atomic mass is 79.9. The minimum absolute atomic E-state index is 0.0795. The Morgan fingerprint density at radius 3 is 2.69 bits per heavy atom. The summed E-state index contributed by atoms with van der Waals surface area (Å²) >= 11 is 3.18. The summed E-state index contributed by atoms with van der Waals surface area (Å²) in [5, 5.41) is 13.9. The van der Waals surface area contributed by atoms with Crippen molar-refractivity contribution in [2.45, 2.75) is 24.9 Å². The molecule has 0 bridgehead atoms. The molecule has 2 rings (SSSR count). The van der Waals surface area contributed by atoms with E-state index in [1.807, 2.05) is 0 Å². The van der Waals surface area contributed by atoms with Gasteiger partial charge in [0.1, 0.15) is 0 Å². The van der Waals surface area contributed by atoms with Gasteiger partial charge >= 0.3 is 0 Å². The molecule has 1 aliphatic rings. The van der Waals surface area contributed by atoms with Crippen LogP contribution in [0.2, 0.25) is 0 Å². The first kappa shape index (κ1) is 11.3. The van der Waals surface area contributed by atoms with Gasteiger partial charge in [-0.25, -0.2) is 0 Å². The van der Waals surface area contributed by atoms with Crippen LogP contribution in [-0.4, -0.2) is 17.0 Å². The zero-order valence-corrected chi connectivity index (χ0v) is 10.1. The second kappa shape index (κ2) is 4.39. The van der Waals surface area contributed by atoms with E-state index in [4.69, 9.17) is 5.73 Å². The molecule has 1 fully saturated rings. The van der Waals surface area contributed by atoms with Gasteiger partial charge in [0.2, 0.25) is 0 Å². The number of hydrogen-bond acceptors (Lipinski definition) is 4. The largest absolute Gasteiger partial charge is 0.382 e. The summed E-state index contributed by atoms with van der Waals surface area (Å²) in [6, 6.07) is 5.61. The zero-order chi connectivity index (χ0) is 11.7. The SMILES string of the molecule is NC1CC(Nc2ccc([N+](=O)[O-])c(Br)c2)C1. The van der Waals surface area contributed by atoms with Crippen molar-refractivity contribution < 1.29 is 4.92 Å². The predicted octanol–water partition coefficient (Wildman–Crippen LogP) is 2.26. The molecular weight excluding hydrogens is 274 g/mol. The number of anilines is 1. The average Bonchev–Trinajstić information content (AvgIpc) is 2.15. The van der Waals surface area contributed by atoms with Gasteiger partial charge in [0.15, 0.2) is 0 Å². The lowest BCUT2D eigenvalue weighted by Gasteiger charge is -2.33. The van der Waals surface area contributed by atoms with Crippen LogP contribution in [0.1, 0.15) is 12.8 Å². The van der Waals surface area contributed by atoms with Crippen LogP contribution in [-0.2, 0) is 0 Å². The fourth-order valence-electron chi connectivity index (χ4n) is 1.76. The van der Waals surface area contributed by atoms with E-state index in [9.17, 15) is 10.1 Å². The van der Waals surface area contributed by atoms with Crippen LogP contribution < -0.4 is 11.1 Å². The molecule has 5 nitrogen and oxygen atoms in total. The maximum Gasteiger partial charge on any atom is 0.283 e. The first-order valence-electron chi connectivity index (χ1n) is 5.02. The molecule has 86 valence electrons. The number of rotatable bonds is 3. The highest BCUT2D eigenvalue weighted by molar-refractivity contribution is 9.10.